The highest BCUT2D eigenvalue weighted by Crippen LogP contribution is 2.12. The van der Waals surface area contributed by atoms with E-state index in [-0.39, 0.29) is 0 Å². The van der Waals surface area contributed by atoms with Gasteiger partial charge in [0.05, 0.1) is 0 Å². The Hall–Kier alpha value is -0.890. The van der Waals surface area contributed by atoms with Gasteiger partial charge in [0.15, 0.2) is 0 Å². The Morgan fingerprint density at radius 1 is 1.67 bits per heavy atom. The number of rotatable bonds is 1. The summed E-state index contributed by atoms with van der Waals surface area (Å²) in [7, 11) is 1.68. The molecule has 0 saturated carbocycles. The minimum atomic E-state index is 0.819. The van der Waals surface area contributed by atoms with Crippen molar-refractivity contribution in [3.8, 4) is 0 Å². The van der Waals surface area contributed by atoms with E-state index in [1.165, 1.54) is 11.1 Å². The van der Waals surface area contributed by atoms with E-state index >= 15 is 0 Å². The van der Waals surface area contributed by atoms with E-state index in [0.29, 0.717) is 0 Å². The predicted octanol–water partition coefficient (Wildman–Crippen LogP) is 2.57. The SMILES string of the molecule is C=C1CC=NC=C1C.CCOC. The fraction of sp³-hybridized carbons (Fsp3) is 0.500. The van der Waals surface area contributed by atoms with Gasteiger partial charge >= 0.3 is 0 Å². The maximum absolute atomic E-state index is 4.54. The van der Waals surface area contributed by atoms with Crippen LogP contribution in [0.5, 0.6) is 0 Å². The maximum atomic E-state index is 4.54. The van der Waals surface area contributed by atoms with Gasteiger partial charge in [-0.3, -0.25) is 4.99 Å². The highest BCUT2D eigenvalue weighted by molar-refractivity contribution is 5.66. The molecular formula is C10H17NO. The van der Waals surface area contributed by atoms with Gasteiger partial charge in [-0.1, -0.05) is 6.58 Å². The summed E-state index contributed by atoms with van der Waals surface area (Å²) in [4.78, 5) is 3.96. The van der Waals surface area contributed by atoms with Crippen LogP contribution >= 0.6 is 0 Å². The van der Waals surface area contributed by atoms with Gasteiger partial charge in [0.25, 0.3) is 0 Å². The first kappa shape index (κ1) is 11.1. The summed E-state index contributed by atoms with van der Waals surface area (Å²) in [5.41, 5.74) is 2.38. The summed E-state index contributed by atoms with van der Waals surface area (Å²) >= 11 is 0. The van der Waals surface area contributed by atoms with E-state index in [1.807, 2.05) is 26.3 Å². The lowest BCUT2D eigenvalue weighted by Gasteiger charge is -2.03. The molecule has 0 amide bonds. The molecule has 2 nitrogen and oxygen atoms in total. The number of nitrogens with zero attached hydrogens (tertiary/aromatic N) is 1. The summed E-state index contributed by atoms with van der Waals surface area (Å²) in [6.07, 6.45) is 4.63. The Morgan fingerprint density at radius 3 is 2.50 bits per heavy atom. The highest BCUT2D eigenvalue weighted by atomic mass is 16.5. The number of allylic oxidation sites excluding steroid dienone is 2. The summed E-state index contributed by atoms with van der Waals surface area (Å²) in [6, 6.07) is 0. The topological polar surface area (TPSA) is 21.6 Å². The summed E-state index contributed by atoms with van der Waals surface area (Å²) in [6.45, 7) is 8.64. The third kappa shape index (κ3) is 4.85. The van der Waals surface area contributed by atoms with Crippen LogP contribution in [-0.2, 0) is 4.74 Å². The molecule has 2 heteroatoms. The molecule has 1 rings (SSSR count). The Morgan fingerprint density at radius 2 is 2.25 bits per heavy atom. The third-order valence-corrected chi connectivity index (χ3v) is 1.56. The maximum Gasteiger partial charge on any atom is 0.0433 e. The van der Waals surface area contributed by atoms with Crippen molar-refractivity contribution in [2.24, 2.45) is 4.99 Å². The number of hydrogen-bond acceptors (Lipinski definition) is 2. The zero-order valence-corrected chi connectivity index (χ0v) is 8.13. The molecule has 0 aromatic heterocycles. The molecule has 12 heavy (non-hydrogen) atoms. The smallest absolute Gasteiger partial charge is 0.0433 e. The molecule has 0 unspecified atom stereocenters. The zero-order chi connectivity index (χ0) is 9.40. The molecular weight excluding hydrogens is 150 g/mol. The average molecular weight is 167 g/mol. The fourth-order valence-electron chi connectivity index (χ4n) is 0.580. The van der Waals surface area contributed by atoms with Crippen molar-refractivity contribution >= 4 is 6.21 Å². The van der Waals surface area contributed by atoms with Crippen molar-refractivity contribution in [1.82, 2.24) is 0 Å². The van der Waals surface area contributed by atoms with Crippen molar-refractivity contribution in [2.45, 2.75) is 20.3 Å². The Bertz CT molecular complexity index is 190. The van der Waals surface area contributed by atoms with Gasteiger partial charge in [0.2, 0.25) is 0 Å². The van der Waals surface area contributed by atoms with Gasteiger partial charge in [-0.25, -0.2) is 0 Å². The van der Waals surface area contributed by atoms with Gasteiger partial charge < -0.3 is 4.74 Å². The lowest BCUT2D eigenvalue weighted by Crippen LogP contribution is -1.89. The first-order valence-corrected chi connectivity index (χ1v) is 4.07. The molecule has 0 radical (unpaired) electrons. The van der Waals surface area contributed by atoms with E-state index in [9.17, 15) is 0 Å². The Labute approximate surface area is 74.7 Å². The number of hydrogen-bond donors (Lipinski definition) is 0. The van der Waals surface area contributed by atoms with Crippen molar-refractivity contribution in [1.29, 1.82) is 0 Å². The molecule has 0 aromatic carbocycles. The normalized spacial score (nSPS) is 14.9. The van der Waals surface area contributed by atoms with Crippen LogP contribution in [0.4, 0.5) is 0 Å². The van der Waals surface area contributed by atoms with Gasteiger partial charge in [-0.15, -0.1) is 0 Å². The van der Waals surface area contributed by atoms with Crippen LogP contribution in [0.3, 0.4) is 0 Å². The molecule has 1 aliphatic heterocycles. The number of ether oxygens (including phenoxy) is 1. The third-order valence-electron chi connectivity index (χ3n) is 1.56. The lowest BCUT2D eigenvalue weighted by atomic mass is 10.1. The van der Waals surface area contributed by atoms with E-state index < -0.39 is 0 Å². The first-order chi connectivity index (χ1) is 5.72. The molecule has 0 aliphatic carbocycles. The lowest BCUT2D eigenvalue weighted by molar-refractivity contribution is 0.215. The number of aliphatic imine (C=N–C) groups is 1. The van der Waals surface area contributed by atoms with Crippen molar-refractivity contribution in [3.63, 3.8) is 0 Å². The van der Waals surface area contributed by atoms with E-state index in [0.717, 1.165) is 13.0 Å². The highest BCUT2D eigenvalue weighted by Gasteiger charge is 1.96. The van der Waals surface area contributed by atoms with E-state index in [1.54, 1.807) is 7.11 Å². The standard InChI is InChI=1S/C7H9N.C3H8O/c1-6-3-4-8-5-7(6)2;1-3-4-2/h4-5H,1,3H2,2H3;3H2,1-2H3. The van der Waals surface area contributed by atoms with Gasteiger partial charge in [0.1, 0.15) is 0 Å². The zero-order valence-electron chi connectivity index (χ0n) is 8.13. The average Bonchev–Trinajstić information content (AvgIpc) is 2.11. The van der Waals surface area contributed by atoms with Crippen molar-refractivity contribution in [2.75, 3.05) is 13.7 Å². The molecule has 1 heterocycles. The van der Waals surface area contributed by atoms with Crippen LogP contribution < -0.4 is 0 Å². The minimum Gasteiger partial charge on any atom is -0.385 e. The quantitative estimate of drug-likeness (QED) is 0.588. The summed E-state index contributed by atoms with van der Waals surface area (Å²) < 4.78 is 4.54. The van der Waals surface area contributed by atoms with Gasteiger partial charge in [0, 0.05) is 32.6 Å². The first-order valence-electron chi connectivity index (χ1n) is 4.07. The largest absolute Gasteiger partial charge is 0.385 e. The fourth-order valence-corrected chi connectivity index (χ4v) is 0.580. The van der Waals surface area contributed by atoms with E-state index in [4.69, 9.17) is 0 Å². The van der Waals surface area contributed by atoms with E-state index in [2.05, 4.69) is 16.3 Å². The molecule has 0 spiro atoms. The van der Waals surface area contributed by atoms with Crippen LogP contribution in [0.1, 0.15) is 20.3 Å². The van der Waals surface area contributed by atoms with Crippen molar-refractivity contribution < 1.29 is 4.74 Å². The molecule has 0 bridgehead atoms. The Balaban J connectivity index is 0.000000261. The van der Waals surface area contributed by atoms with Gasteiger partial charge in [-0.2, -0.15) is 0 Å². The van der Waals surface area contributed by atoms with Crippen LogP contribution in [0, 0.1) is 0 Å². The number of methoxy groups -OCH3 is 1. The molecule has 0 saturated heterocycles. The molecule has 1 aliphatic rings. The van der Waals surface area contributed by atoms with Crippen LogP contribution in [0.2, 0.25) is 0 Å². The van der Waals surface area contributed by atoms with Gasteiger partial charge in [-0.05, 0) is 25.0 Å². The Kier molecular flexibility index (Phi) is 6.29. The predicted molar refractivity (Wildman–Crippen MR) is 53.6 cm³/mol. The summed E-state index contributed by atoms with van der Waals surface area (Å²) in [5, 5.41) is 0. The molecule has 0 atom stereocenters. The summed E-state index contributed by atoms with van der Waals surface area (Å²) in [5.74, 6) is 0. The minimum absolute atomic E-state index is 0.819. The van der Waals surface area contributed by atoms with Crippen LogP contribution in [0.25, 0.3) is 0 Å². The molecule has 0 aromatic rings. The van der Waals surface area contributed by atoms with Crippen molar-refractivity contribution in [3.05, 3.63) is 23.9 Å². The molecule has 0 N–H and O–H groups in total. The molecule has 0 fully saturated rings. The second-order valence-corrected chi connectivity index (χ2v) is 2.53. The second kappa shape index (κ2) is 6.80. The monoisotopic (exact) mass is 167 g/mol. The van der Waals surface area contributed by atoms with Crippen LogP contribution in [-0.4, -0.2) is 19.9 Å². The van der Waals surface area contributed by atoms with Crippen LogP contribution in [0.15, 0.2) is 28.9 Å². The molecule has 68 valence electrons. The second-order valence-electron chi connectivity index (χ2n) is 2.53.